The highest BCUT2D eigenvalue weighted by molar-refractivity contribution is 7.15. The van der Waals surface area contributed by atoms with Crippen LogP contribution in [0.2, 0.25) is 0 Å². The minimum absolute atomic E-state index is 0.132. The highest BCUT2D eigenvalue weighted by atomic mass is 32.1. The lowest BCUT2D eigenvalue weighted by Crippen LogP contribution is -2.30. The zero-order valence-electron chi connectivity index (χ0n) is 8.19. The van der Waals surface area contributed by atoms with Crippen molar-refractivity contribution in [3.63, 3.8) is 0 Å². The SMILES string of the molecule is C=CC(C)NC(=O)c1ccc(C(=O)O)s1. The van der Waals surface area contributed by atoms with Crippen molar-refractivity contribution in [2.75, 3.05) is 0 Å². The average Bonchev–Trinajstić information content (AvgIpc) is 2.66. The van der Waals surface area contributed by atoms with Gasteiger partial charge in [-0.15, -0.1) is 17.9 Å². The summed E-state index contributed by atoms with van der Waals surface area (Å²) in [5.41, 5.74) is 0. The topological polar surface area (TPSA) is 66.4 Å². The van der Waals surface area contributed by atoms with Crippen molar-refractivity contribution in [2.45, 2.75) is 13.0 Å². The lowest BCUT2D eigenvalue weighted by atomic mass is 10.3. The van der Waals surface area contributed by atoms with E-state index in [0.717, 1.165) is 11.3 Å². The van der Waals surface area contributed by atoms with Gasteiger partial charge in [-0.3, -0.25) is 4.79 Å². The minimum Gasteiger partial charge on any atom is -0.477 e. The molecule has 5 heteroatoms. The smallest absolute Gasteiger partial charge is 0.345 e. The van der Waals surface area contributed by atoms with E-state index in [2.05, 4.69) is 11.9 Å². The first kappa shape index (κ1) is 11.5. The van der Waals surface area contributed by atoms with E-state index in [1.807, 2.05) is 0 Å². The van der Waals surface area contributed by atoms with Crippen molar-refractivity contribution in [1.82, 2.24) is 5.32 Å². The number of rotatable bonds is 4. The maximum Gasteiger partial charge on any atom is 0.345 e. The summed E-state index contributed by atoms with van der Waals surface area (Å²) in [4.78, 5) is 22.6. The molecule has 0 radical (unpaired) electrons. The monoisotopic (exact) mass is 225 g/mol. The number of nitrogens with one attached hydrogen (secondary N) is 1. The first-order chi connectivity index (χ1) is 7.04. The highest BCUT2D eigenvalue weighted by Crippen LogP contribution is 2.16. The quantitative estimate of drug-likeness (QED) is 0.767. The Morgan fingerprint density at radius 2 is 2.13 bits per heavy atom. The molecule has 0 saturated carbocycles. The lowest BCUT2D eigenvalue weighted by Gasteiger charge is -2.06. The molecular weight excluding hydrogens is 214 g/mol. The zero-order chi connectivity index (χ0) is 11.4. The number of carboxylic acids is 1. The number of amides is 1. The number of carbonyl (C=O) groups excluding carboxylic acids is 1. The van der Waals surface area contributed by atoms with Crippen LogP contribution in [0, 0.1) is 0 Å². The van der Waals surface area contributed by atoms with Crippen LogP contribution in [-0.2, 0) is 0 Å². The second-order valence-electron chi connectivity index (χ2n) is 2.97. The van der Waals surface area contributed by atoms with E-state index in [1.165, 1.54) is 12.1 Å². The van der Waals surface area contributed by atoms with Crippen LogP contribution >= 0.6 is 11.3 Å². The van der Waals surface area contributed by atoms with Gasteiger partial charge in [0.2, 0.25) is 0 Å². The summed E-state index contributed by atoms with van der Waals surface area (Å²) in [7, 11) is 0. The third-order valence-electron chi connectivity index (χ3n) is 1.75. The summed E-state index contributed by atoms with van der Waals surface area (Å²) < 4.78 is 0. The van der Waals surface area contributed by atoms with E-state index in [9.17, 15) is 9.59 Å². The zero-order valence-corrected chi connectivity index (χ0v) is 9.00. The normalized spacial score (nSPS) is 11.8. The Kier molecular flexibility index (Phi) is 3.62. The molecule has 2 N–H and O–H groups in total. The number of thiophene rings is 1. The summed E-state index contributed by atoms with van der Waals surface area (Å²) in [6.45, 7) is 5.32. The molecular formula is C10H11NO3S. The standard InChI is InChI=1S/C10H11NO3S/c1-3-6(2)11-9(12)7-4-5-8(15-7)10(13)14/h3-6H,1H2,2H3,(H,11,12)(H,13,14). The fourth-order valence-electron chi connectivity index (χ4n) is 0.912. The van der Waals surface area contributed by atoms with Crippen molar-refractivity contribution >= 4 is 23.2 Å². The van der Waals surface area contributed by atoms with Gasteiger partial charge in [0.1, 0.15) is 4.88 Å². The van der Waals surface area contributed by atoms with Crippen LogP contribution in [0.15, 0.2) is 24.8 Å². The second-order valence-corrected chi connectivity index (χ2v) is 4.05. The molecule has 0 bridgehead atoms. The van der Waals surface area contributed by atoms with Gasteiger partial charge in [-0.25, -0.2) is 4.79 Å². The Bertz CT molecular complexity index is 397. The predicted octanol–water partition coefficient (Wildman–Crippen LogP) is 1.75. The molecule has 0 fully saturated rings. The van der Waals surface area contributed by atoms with Crippen molar-refractivity contribution in [1.29, 1.82) is 0 Å². The Morgan fingerprint density at radius 3 is 2.60 bits per heavy atom. The van der Waals surface area contributed by atoms with E-state index >= 15 is 0 Å². The number of aromatic carboxylic acids is 1. The van der Waals surface area contributed by atoms with Crippen LogP contribution in [0.5, 0.6) is 0 Å². The first-order valence-corrected chi connectivity index (χ1v) is 5.12. The van der Waals surface area contributed by atoms with Crippen LogP contribution in [0.25, 0.3) is 0 Å². The molecule has 15 heavy (non-hydrogen) atoms. The molecule has 1 aromatic rings. The molecule has 1 rings (SSSR count). The van der Waals surface area contributed by atoms with Crippen LogP contribution < -0.4 is 5.32 Å². The van der Waals surface area contributed by atoms with Gasteiger partial charge in [0.05, 0.1) is 4.88 Å². The van der Waals surface area contributed by atoms with Gasteiger partial charge < -0.3 is 10.4 Å². The van der Waals surface area contributed by atoms with E-state index in [-0.39, 0.29) is 16.8 Å². The van der Waals surface area contributed by atoms with Crippen LogP contribution in [0.1, 0.15) is 26.3 Å². The van der Waals surface area contributed by atoms with Crippen LogP contribution in [-0.4, -0.2) is 23.0 Å². The third kappa shape index (κ3) is 2.92. The summed E-state index contributed by atoms with van der Waals surface area (Å²) in [5, 5.41) is 11.3. The van der Waals surface area contributed by atoms with Gasteiger partial charge in [0, 0.05) is 6.04 Å². The Hall–Kier alpha value is -1.62. The number of carboxylic acid groups (broad SMARTS) is 1. The molecule has 0 aliphatic rings. The molecule has 0 aliphatic carbocycles. The van der Waals surface area contributed by atoms with Crippen molar-refractivity contribution in [3.8, 4) is 0 Å². The van der Waals surface area contributed by atoms with Crippen molar-refractivity contribution in [3.05, 3.63) is 34.5 Å². The Morgan fingerprint density at radius 1 is 1.53 bits per heavy atom. The van der Waals surface area contributed by atoms with Gasteiger partial charge >= 0.3 is 5.97 Å². The number of carbonyl (C=O) groups is 2. The molecule has 0 aromatic carbocycles. The van der Waals surface area contributed by atoms with E-state index in [1.54, 1.807) is 13.0 Å². The molecule has 4 nitrogen and oxygen atoms in total. The fraction of sp³-hybridized carbons (Fsp3) is 0.200. The largest absolute Gasteiger partial charge is 0.477 e. The van der Waals surface area contributed by atoms with E-state index < -0.39 is 5.97 Å². The second kappa shape index (κ2) is 4.75. The highest BCUT2D eigenvalue weighted by Gasteiger charge is 2.13. The third-order valence-corrected chi connectivity index (χ3v) is 2.82. The van der Waals surface area contributed by atoms with Crippen molar-refractivity contribution < 1.29 is 14.7 Å². The Labute approximate surface area is 91.2 Å². The molecule has 1 aromatic heterocycles. The van der Waals surface area contributed by atoms with Crippen LogP contribution in [0.3, 0.4) is 0 Å². The average molecular weight is 225 g/mol. The molecule has 1 atom stereocenters. The number of hydrogen-bond donors (Lipinski definition) is 2. The molecule has 0 aliphatic heterocycles. The van der Waals surface area contributed by atoms with Gasteiger partial charge in [0.25, 0.3) is 5.91 Å². The summed E-state index contributed by atoms with van der Waals surface area (Å²) >= 11 is 0.956. The van der Waals surface area contributed by atoms with Gasteiger partial charge in [-0.2, -0.15) is 0 Å². The lowest BCUT2D eigenvalue weighted by molar-refractivity contribution is 0.0702. The van der Waals surface area contributed by atoms with E-state index in [4.69, 9.17) is 5.11 Å². The number of hydrogen-bond acceptors (Lipinski definition) is 3. The molecule has 0 saturated heterocycles. The molecule has 80 valence electrons. The maximum atomic E-state index is 11.5. The summed E-state index contributed by atoms with van der Waals surface area (Å²) in [6, 6.07) is 2.78. The van der Waals surface area contributed by atoms with Crippen LogP contribution in [0.4, 0.5) is 0 Å². The fourth-order valence-corrected chi connectivity index (χ4v) is 1.66. The van der Waals surface area contributed by atoms with Crippen molar-refractivity contribution in [2.24, 2.45) is 0 Å². The van der Waals surface area contributed by atoms with Gasteiger partial charge in [-0.1, -0.05) is 6.08 Å². The first-order valence-electron chi connectivity index (χ1n) is 4.31. The predicted molar refractivity (Wildman–Crippen MR) is 58.4 cm³/mol. The Balaban J connectivity index is 2.74. The summed E-state index contributed by atoms with van der Waals surface area (Å²) in [6.07, 6.45) is 1.60. The van der Waals surface area contributed by atoms with Gasteiger partial charge in [0.15, 0.2) is 0 Å². The summed E-state index contributed by atoms with van der Waals surface area (Å²) in [5.74, 6) is -1.30. The molecule has 1 heterocycles. The molecule has 1 amide bonds. The molecule has 0 spiro atoms. The molecule has 1 unspecified atom stereocenters. The maximum absolute atomic E-state index is 11.5. The van der Waals surface area contributed by atoms with Gasteiger partial charge in [-0.05, 0) is 19.1 Å². The van der Waals surface area contributed by atoms with E-state index in [0.29, 0.717) is 4.88 Å². The minimum atomic E-state index is -1.02.